The molecular weight excluding hydrogens is 458 g/mol. The van der Waals surface area contributed by atoms with Crippen molar-refractivity contribution >= 4 is 23.4 Å². The standard InChI is InChI=1S/C28H27N3O3S/c1-3-20-8-11-23(12-9-20)31-28(35-17-22-7-5-4-6-19(22)2)24(15-29)27(32)30-16-21-10-13-25-26(14-21)34-18-33-25/h4-14,31H,3,16-18H2,1-2H3,(H,30,32)/b28-24+. The van der Waals surface area contributed by atoms with Crippen molar-refractivity contribution in [2.75, 3.05) is 12.1 Å². The van der Waals surface area contributed by atoms with Crippen molar-refractivity contribution < 1.29 is 14.3 Å². The summed E-state index contributed by atoms with van der Waals surface area (Å²) in [6.45, 7) is 4.62. The van der Waals surface area contributed by atoms with Crippen LogP contribution < -0.4 is 20.1 Å². The summed E-state index contributed by atoms with van der Waals surface area (Å²) >= 11 is 1.44. The van der Waals surface area contributed by atoms with Crippen LogP contribution in [0.3, 0.4) is 0 Å². The Bertz CT molecular complexity index is 1280. The Kier molecular flexibility index (Phi) is 7.96. The summed E-state index contributed by atoms with van der Waals surface area (Å²) in [5.41, 5.74) is 5.26. The van der Waals surface area contributed by atoms with Gasteiger partial charge >= 0.3 is 0 Å². The lowest BCUT2D eigenvalue weighted by molar-refractivity contribution is -0.117. The third kappa shape index (κ3) is 6.17. The number of hydrogen-bond acceptors (Lipinski definition) is 6. The molecule has 6 nitrogen and oxygen atoms in total. The molecule has 0 radical (unpaired) electrons. The second-order valence-corrected chi connectivity index (χ2v) is 9.06. The van der Waals surface area contributed by atoms with Crippen molar-refractivity contribution in [3.63, 3.8) is 0 Å². The lowest BCUT2D eigenvalue weighted by Crippen LogP contribution is -2.25. The largest absolute Gasteiger partial charge is 0.454 e. The number of rotatable bonds is 9. The molecule has 0 fully saturated rings. The number of hydrogen-bond donors (Lipinski definition) is 2. The van der Waals surface area contributed by atoms with E-state index in [1.165, 1.54) is 17.3 Å². The smallest absolute Gasteiger partial charge is 0.264 e. The zero-order valence-electron chi connectivity index (χ0n) is 19.8. The molecule has 0 saturated carbocycles. The van der Waals surface area contributed by atoms with Crippen molar-refractivity contribution in [2.45, 2.75) is 32.6 Å². The van der Waals surface area contributed by atoms with Gasteiger partial charge in [-0.15, -0.1) is 11.8 Å². The van der Waals surface area contributed by atoms with E-state index in [9.17, 15) is 10.1 Å². The van der Waals surface area contributed by atoms with Crippen molar-refractivity contribution in [3.8, 4) is 17.6 Å². The molecule has 1 amide bonds. The van der Waals surface area contributed by atoms with E-state index in [4.69, 9.17) is 9.47 Å². The number of fused-ring (bicyclic) bond motifs is 1. The minimum Gasteiger partial charge on any atom is -0.454 e. The Hall–Kier alpha value is -3.89. The molecule has 2 N–H and O–H groups in total. The molecule has 35 heavy (non-hydrogen) atoms. The maximum Gasteiger partial charge on any atom is 0.264 e. The first-order valence-corrected chi connectivity index (χ1v) is 12.4. The van der Waals surface area contributed by atoms with Crippen LogP contribution in [0.5, 0.6) is 11.5 Å². The van der Waals surface area contributed by atoms with Gasteiger partial charge in [-0.2, -0.15) is 5.26 Å². The van der Waals surface area contributed by atoms with E-state index in [2.05, 4.69) is 42.7 Å². The summed E-state index contributed by atoms with van der Waals surface area (Å²) in [5, 5.41) is 16.6. The Morgan fingerprint density at radius 2 is 1.77 bits per heavy atom. The predicted molar refractivity (Wildman–Crippen MR) is 139 cm³/mol. The highest BCUT2D eigenvalue weighted by molar-refractivity contribution is 8.02. The number of carbonyl (C=O) groups excluding carboxylic acids is 1. The summed E-state index contributed by atoms with van der Waals surface area (Å²) in [6, 6.07) is 23.7. The molecule has 0 saturated heterocycles. The molecular formula is C28H27N3O3S. The van der Waals surface area contributed by atoms with Crippen LogP contribution in [-0.2, 0) is 23.5 Å². The topological polar surface area (TPSA) is 83.4 Å². The molecule has 1 heterocycles. The maximum absolute atomic E-state index is 13.1. The van der Waals surface area contributed by atoms with Gasteiger partial charge in [-0.3, -0.25) is 4.79 Å². The number of aryl methyl sites for hydroxylation is 2. The van der Waals surface area contributed by atoms with Crippen LogP contribution in [0.15, 0.2) is 77.3 Å². The van der Waals surface area contributed by atoms with Crippen LogP contribution in [0, 0.1) is 18.3 Å². The maximum atomic E-state index is 13.1. The van der Waals surface area contributed by atoms with Gasteiger partial charge in [-0.25, -0.2) is 0 Å². The normalized spacial score (nSPS) is 12.5. The first-order chi connectivity index (χ1) is 17.1. The highest BCUT2D eigenvalue weighted by Crippen LogP contribution is 2.32. The Morgan fingerprint density at radius 3 is 2.51 bits per heavy atom. The van der Waals surface area contributed by atoms with E-state index in [-0.39, 0.29) is 18.9 Å². The average Bonchev–Trinajstić information content (AvgIpc) is 3.35. The number of anilines is 1. The molecule has 1 aliphatic rings. The second-order valence-electron chi connectivity index (χ2n) is 8.08. The molecule has 4 rings (SSSR count). The van der Waals surface area contributed by atoms with E-state index in [1.54, 1.807) is 0 Å². The number of amides is 1. The lowest BCUT2D eigenvalue weighted by atomic mass is 10.1. The summed E-state index contributed by atoms with van der Waals surface area (Å²) in [7, 11) is 0. The van der Waals surface area contributed by atoms with Gasteiger partial charge in [0.25, 0.3) is 5.91 Å². The summed E-state index contributed by atoms with van der Waals surface area (Å²) < 4.78 is 10.7. The lowest BCUT2D eigenvalue weighted by Gasteiger charge is -2.15. The van der Waals surface area contributed by atoms with Gasteiger partial charge in [0.05, 0.1) is 5.03 Å². The highest BCUT2D eigenvalue weighted by Gasteiger charge is 2.18. The number of nitrogens with zero attached hydrogens (tertiary/aromatic N) is 1. The third-order valence-electron chi connectivity index (χ3n) is 5.71. The highest BCUT2D eigenvalue weighted by atomic mass is 32.2. The van der Waals surface area contributed by atoms with E-state index in [0.717, 1.165) is 28.8 Å². The molecule has 1 aliphatic heterocycles. The van der Waals surface area contributed by atoms with Crippen molar-refractivity contribution in [1.29, 1.82) is 5.26 Å². The molecule has 0 spiro atoms. The van der Waals surface area contributed by atoms with Crippen molar-refractivity contribution in [1.82, 2.24) is 5.32 Å². The minimum atomic E-state index is -0.435. The van der Waals surface area contributed by atoms with E-state index < -0.39 is 5.91 Å². The fraction of sp³-hybridized carbons (Fsp3) is 0.214. The van der Waals surface area contributed by atoms with Crippen LogP contribution in [0.4, 0.5) is 5.69 Å². The first kappa shape index (κ1) is 24.2. The van der Waals surface area contributed by atoms with Crippen LogP contribution in [0.1, 0.15) is 29.2 Å². The van der Waals surface area contributed by atoms with Crippen LogP contribution >= 0.6 is 11.8 Å². The Morgan fingerprint density at radius 1 is 1.03 bits per heavy atom. The van der Waals surface area contributed by atoms with Gasteiger partial charge in [-0.05, 0) is 59.9 Å². The fourth-order valence-electron chi connectivity index (χ4n) is 3.57. The molecule has 0 unspecified atom stereocenters. The number of benzene rings is 3. The molecule has 0 bridgehead atoms. The van der Waals surface area contributed by atoms with Crippen LogP contribution in [-0.4, -0.2) is 12.7 Å². The molecule has 0 aromatic heterocycles. The molecule has 0 atom stereocenters. The third-order valence-corrected chi connectivity index (χ3v) is 6.76. The fourth-order valence-corrected chi connectivity index (χ4v) is 4.67. The van der Waals surface area contributed by atoms with Crippen molar-refractivity contribution in [2.24, 2.45) is 0 Å². The van der Waals surface area contributed by atoms with Gasteiger partial charge in [-0.1, -0.05) is 49.4 Å². The van der Waals surface area contributed by atoms with Crippen molar-refractivity contribution in [3.05, 3.63) is 99.6 Å². The van der Waals surface area contributed by atoms with E-state index >= 15 is 0 Å². The molecule has 178 valence electrons. The van der Waals surface area contributed by atoms with E-state index in [0.29, 0.717) is 22.3 Å². The molecule has 3 aromatic carbocycles. The SMILES string of the molecule is CCc1ccc(N/C(SCc2ccccc2C)=C(/C#N)C(=O)NCc2ccc3c(c2)OCO3)cc1. The minimum absolute atomic E-state index is 0.0453. The number of ether oxygens (including phenoxy) is 2. The average molecular weight is 486 g/mol. The van der Waals surface area contributed by atoms with Gasteiger partial charge < -0.3 is 20.1 Å². The monoisotopic (exact) mass is 485 g/mol. The quantitative estimate of drug-likeness (QED) is 0.300. The molecule has 0 aliphatic carbocycles. The predicted octanol–water partition coefficient (Wildman–Crippen LogP) is 5.68. The van der Waals surface area contributed by atoms with Gasteiger partial charge in [0, 0.05) is 18.0 Å². The Labute approximate surface area is 210 Å². The number of nitriles is 1. The van der Waals surface area contributed by atoms with E-state index in [1.807, 2.05) is 54.6 Å². The second kappa shape index (κ2) is 11.5. The number of carbonyl (C=O) groups is 1. The zero-order chi connectivity index (χ0) is 24.6. The summed E-state index contributed by atoms with van der Waals surface area (Å²) in [4.78, 5) is 13.1. The van der Waals surface area contributed by atoms with Crippen LogP contribution in [0.2, 0.25) is 0 Å². The van der Waals surface area contributed by atoms with Gasteiger partial charge in [0.15, 0.2) is 11.5 Å². The molecule has 7 heteroatoms. The number of nitrogens with one attached hydrogen (secondary N) is 2. The first-order valence-electron chi connectivity index (χ1n) is 11.4. The Balaban J connectivity index is 1.54. The summed E-state index contributed by atoms with van der Waals surface area (Å²) in [6.07, 6.45) is 0.941. The van der Waals surface area contributed by atoms with Gasteiger partial charge in [0.2, 0.25) is 6.79 Å². The molecule has 3 aromatic rings. The summed E-state index contributed by atoms with van der Waals surface area (Å²) in [5.74, 6) is 1.53. The number of thioether (sulfide) groups is 1. The van der Waals surface area contributed by atoms with Crippen LogP contribution in [0.25, 0.3) is 0 Å². The zero-order valence-corrected chi connectivity index (χ0v) is 20.6. The van der Waals surface area contributed by atoms with Gasteiger partial charge in [0.1, 0.15) is 11.6 Å².